The van der Waals surface area contributed by atoms with Gasteiger partial charge < -0.3 is 5.32 Å². The summed E-state index contributed by atoms with van der Waals surface area (Å²) in [4.78, 5) is 0. The highest BCUT2D eigenvalue weighted by Crippen LogP contribution is 2.20. The Labute approximate surface area is 117 Å². The molecule has 2 rings (SSSR count). The van der Waals surface area contributed by atoms with E-state index >= 15 is 0 Å². The van der Waals surface area contributed by atoms with Crippen LogP contribution in [0.4, 0.5) is 0 Å². The van der Waals surface area contributed by atoms with Gasteiger partial charge in [0.2, 0.25) is 0 Å². The molecule has 0 aliphatic rings. The summed E-state index contributed by atoms with van der Waals surface area (Å²) < 4.78 is 1.86. The molecule has 96 valence electrons. The third-order valence-electron chi connectivity index (χ3n) is 2.98. The lowest BCUT2D eigenvalue weighted by molar-refractivity contribution is 0.685. The predicted octanol–water partition coefficient (Wildman–Crippen LogP) is 3.33. The molecule has 0 aliphatic carbocycles. The summed E-state index contributed by atoms with van der Waals surface area (Å²) in [5, 5.41) is 8.98. The molecule has 0 spiro atoms. The Kier molecular flexibility index (Phi) is 4.27. The van der Waals surface area contributed by atoms with Gasteiger partial charge in [0.05, 0.1) is 6.20 Å². The van der Waals surface area contributed by atoms with Crippen molar-refractivity contribution >= 4 is 23.2 Å². The largest absolute Gasteiger partial charge is 0.308 e. The number of hydrogen-bond donors (Lipinski definition) is 1. The molecule has 0 radical (unpaired) electrons. The number of nitrogens with zero attached hydrogens (tertiary/aromatic N) is 2. The Morgan fingerprint density at radius 2 is 1.94 bits per heavy atom. The van der Waals surface area contributed by atoms with Crippen LogP contribution in [0.3, 0.4) is 0 Å². The van der Waals surface area contributed by atoms with E-state index in [0.29, 0.717) is 11.6 Å². The van der Waals surface area contributed by atoms with Crippen molar-refractivity contribution in [3.05, 3.63) is 51.3 Å². The smallest absolute Gasteiger partial charge is 0.0537 e. The van der Waals surface area contributed by atoms with Gasteiger partial charge in [0, 0.05) is 41.4 Å². The van der Waals surface area contributed by atoms with Crippen LogP contribution in [0, 0.1) is 6.92 Å². The van der Waals surface area contributed by atoms with E-state index in [0.717, 1.165) is 17.1 Å². The second-order valence-electron chi connectivity index (χ2n) is 4.22. The van der Waals surface area contributed by atoms with Crippen molar-refractivity contribution in [3.63, 3.8) is 0 Å². The summed E-state index contributed by atoms with van der Waals surface area (Å²) in [5.74, 6) is 0. The molecule has 0 atom stereocenters. The highest BCUT2D eigenvalue weighted by atomic mass is 35.5. The Hall–Kier alpha value is -1.03. The summed E-state index contributed by atoms with van der Waals surface area (Å²) in [6.07, 6.45) is 1.88. The van der Waals surface area contributed by atoms with Crippen LogP contribution in [0.2, 0.25) is 10.0 Å². The van der Waals surface area contributed by atoms with Crippen LogP contribution in [0.5, 0.6) is 0 Å². The second kappa shape index (κ2) is 5.74. The van der Waals surface area contributed by atoms with Gasteiger partial charge in [-0.25, -0.2) is 0 Å². The van der Waals surface area contributed by atoms with Crippen molar-refractivity contribution < 1.29 is 0 Å². The van der Waals surface area contributed by atoms with Crippen molar-refractivity contribution in [3.8, 4) is 0 Å². The molecule has 0 amide bonds. The normalized spacial score (nSPS) is 10.9. The lowest BCUT2D eigenvalue weighted by Crippen LogP contribution is -2.13. The molecular weight excluding hydrogens is 269 g/mol. The molecular formula is C13H15Cl2N3. The molecule has 0 saturated carbocycles. The highest BCUT2D eigenvalue weighted by Gasteiger charge is 2.04. The monoisotopic (exact) mass is 283 g/mol. The van der Waals surface area contributed by atoms with E-state index < -0.39 is 0 Å². The van der Waals surface area contributed by atoms with Gasteiger partial charge in [-0.3, -0.25) is 4.68 Å². The maximum Gasteiger partial charge on any atom is 0.0537 e. The van der Waals surface area contributed by atoms with Crippen LogP contribution in [-0.4, -0.2) is 9.78 Å². The van der Waals surface area contributed by atoms with E-state index in [2.05, 4.69) is 17.3 Å². The van der Waals surface area contributed by atoms with E-state index in [1.165, 1.54) is 11.3 Å². The molecule has 0 fully saturated rings. The van der Waals surface area contributed by atoms with E-state index in [4.69, 9.17) is 23.2 Å². The number of aromatic nitrogens is 2. The van der Waals surface area contributed by atoms with Crippen molar-refractivity contribution in [1.29, 1.82) is 0 Å². The zero-order chi connectivity index (χ0) is 13.1. The van der Waals surface area contributed by atoms with Crippen LogP contribution in [0.15, 0.2) is 24.4 Å². The number of rotatable bonds is 4. The maximum atomic E-state index is 6.10. The fraction of sp³-hybridized carbons (Fsp3) is 0.308. The third-order valence-corrected chi connectivity index (χ3v) is 3.58. The third kappa shape index (κ3) is 3.05. The number of hydrogen-bond acceptors (Lipinski definition) is 2. The van der Waals surface area contributed by atoms with Crippen LogP contribution in [0.25, 0.3) is 0 Å². The summed E-state index contributed by atoms with van der Waals surface area (Å²) in [5.41, 5.74) is 3.36. The zero-order valence-corrected chi connectivity index (χ0v) is 11.9. The molecule has 1 aromatic carbocycles. The minimum atomic E-state index is 0.688. The topological polar surface area (TPSA) is 29.9 Å². The first kappa shape index (κ1) is 13.4. The minimum absolute atomic E-state index is 0.688. The van der Waals surface area contributed by atoms with Gasteiger partial charge >= 0.3 is 0 Å². The molecule has 0 aliphatic heterocycles. The number of halogens is 2. The Morgan fingerprint density at radius 1 is 1.22 bits per heavy atom. The molecule has 1 N–H and O–H groups in total. The van der Waals surface area contributed by atoms with Crippen LogP contribution >= 0.6 is 23.2 Å². The van der Waals surface area contributed by atoms with Gasteiger partial charge in [-0.1, -0.05) is 23.2 Å². The molecule has 1 aromatic heterocycles. The molecule has 0 unspecified atom stereocenters. The molecule has 1 heterocycles. The van der Waals surface area contributed by atoms with Gasteiger partial charge in [-0.2, -0.15) is 5.10 Å². The van der Waals surface area contributed by atoms with Gasteiger partial charge in [0.25, 0.3) is 0 Å². The SMILES string of the molecule is Cc1c(CNCc2cc(Cl)ccc2Cl)cnn1C. The fourth-order valence-electron chi connectivity index (χ4n) is 1.73. The fourth-order valence-corrected chi connectivity index (χ4v) is 2.11. The van der Waals surface area contributed by atoms with Crippen LogP contribution in [-0.2, 0) is 20.1 Å². The number of nitrogens with one attached hydrogen (secondary N) is 1. The molecule has 0 saturated heterocycles. The molecule has 2 aromatic rings. The highest BCUT2D eigenvalue weighted by molar-refractivity contribution is 6.33. The standard InChI is InChI=1S/C13H15Cl2N3/c1-9-11(8-17-18(9)2)7-16-6-10-5-12(14)3-4-13(10)15/h3-5,8,16H,6-7H2,1-2H3. The predicted molar refractivity (Wildman–Crippen MR) is 75.0 cm³/mol. The lowest BCUT2D eigenvalue weighted by Gasteiger charge is -2.07. The second-order valence-corrected chi connectivity index (χ2v) is 5.06. The lowest BCUT2D eigenvalue weighted by atomic mass is 10.2. The van der Waals surface area contributed by atoms with E-state index in [9.17, 15) is 0 Å². The van der Waals surface area contributed by atoms with Gasteiger partial charge in [-0.05, 0) is 30.7 Å². The van der Waals surface area contributed by atoms with E-state index in [-0.39, 0.29) is 0 Å². The molecule has 18 heavy (non-hydrogen) atoms. The minimum Gasteiger partial charge on any atom is -0.308 e. The zero-order valence-electron chi connectivity index (χ0n) is 10.4. The maximum absolute atomic E-state index is 6.10. The first-order chi connectivity index (χ1) is 8.58. The summed E-state index contributed by atoms with van der Waals surface area (Å²) >= 11 is 12.0. The van der Waals surface area contributed by atoms with E-state index in [1.807, 2.05) is 30.1 Å². The molecule has 5 heteroatoms. The van der Waals surface area contributed by atoms with Crippen molar-refractivity contribution in [1.82, 2.24) is 15.1 Å². The quantitative estimate of drug-likeness (QED) is 0.933. The van der Waals surface area contributed by atoms with Crippen LogP contribution in [0.1, 0.15) is 16.8 Å². The molecule has 3 nitrogen and oxygen atoms in total. The van der Waals surface area contributed by atoms with Crippen molar-refractivity contribution in [2.75, 3.05) is 0 Å². The Balaban J connectivity index is 1.96. The van der Waals surface area contributed by atoms with Gasteiger partial charge in [0.1, 0.15) is 0 Å². The number of aryl methyl sites for hydroxylation is 1. The Morgan fingerprint density at radius 3 is 2.61 bits per heavy atom. The summed E-state index contributed by atoms with van der Waals surface area (Å²) in [6.45, 7) is 3.51. The summed E-state index contributed by atoms with van der Waals surface area (Å²) in [6, 6.07) is 5.49. The molecule has 0 bridgehead atoms. The van der Waals surface area contributed by atoms with Crippen LogP contribution < -0.4 is 5.32 Å². The van der Waals surface area contributed by atoms with Gasteiger partial charge in [0.15, 0.2) is 0 Å². The van der Waals surface area contributed by atoms with Crippen molar-refractivity contribution in [2.24, 2.45) is 7.05 Å². The summed E-state index contributed by atoms with van der Waals surface area (Å²) in [7, 11) is 1.94. The first-order valence-corrected chi connectivity index (χ1v) is 6.45. The average molecular weight is 284 g/mol. The Bertz CT molecular complexity index is 549. The van der Waals surface area contributed by atoms with Crippen molar-refractivity contribution in [2.45, 2.75) is 20.0 Å². The van der Waals surface area contributed by atoms with E-state index in [1.54, 1.807) is 6.07 Å². The van der Waals surface area contributed by atoms with Gasteiger partial charge in [-0.15, -0.1) is 0 Å². The first-order valence-electron chi connectivity index (χ1n) is 5.70. The average Bonchev–Trinajstić information content (AvgIpc) is 2.65. The number of benzene rings is 1.